The van der Waals surface area contributed by atoms with Gasteiger partial charge in [-0.1, -0.05) is 44.9 Å². The van der Waals surface area contributed by atoms with Gasteiger partial charge < -0.3 is 22.0 Å². The molecule has 4 nitrogen and oxygen atoms in total. The number of aromatic nitrogens is 3. The fourth-order valence-corrected chi connectivity index (χ4v) is 3.90. The van der Waals surface area contributed by atoms with Crippen molar-refractivity contribution < 1.29 is 26.6 Å². The Labute approximate surface area is 167 Å². The quantitative estimate of drug-likeness (QED) is 0.312. The van der Waals surface area contributed by atoms with E-state index in [1.54, 1.807) is 0 Å². The first kappa shape index (κ1) is 19.1. The molecule has 0 saturated heterocycles. The average Bonchev–Trinajstić information content (AvgIpc) is 3.21. The number of nitrogens with zero attached hydrogens (tertiary/aromatic N) is 3. The Hall–Kier alpha value is -2.20. The molecule has 2 aliphatic rings. The molecule has 0 N–H and O–H groups in total. The highest BCUT2D eigenvalue weighted by atomic mass is 79.9. The first-order chi connectivity index (χ1) is 13.3. The molecule has 0 fully saturated rings. The Balaban J connectivity index is 0.000000346. The van der Waals surface area contributed by atoms with Crippen LogP contribution in [0.25, 0.3) is 5.69 Å². The number of rotatable bonds is 1. The van der Waals surface area contributed by atoms with E-state index in [0.717, 1.165) is 22.4 Å². The molecule has 0 radical (unpaired) electrons. The molecular formula is C18H15BBrF4N3O. The van der Waals surface area contributed by atoms with Gasteiger partial charge in [-0.2, -0.15) is 0 Å². The van der Waals surface area contributed by atoms with E-state index in [2.05, 4.69) is 63.2 Å². The molecule has 1 aliphatic carbocycles. The lowest BCUT2D eigenvalue weighted by molar-refractivity contribution is -0.739. The van der Waals surface area contributed by atoms with Crippen LogP contribution in [0.15, 0.2) is 59.3 Å². The topological polar surface area (TPSA) is 30.9 Å². The van der Waals surface area contributed by atoms with Gasteiger partial charge >= 0.3 is 13.1 Å². The summed E-state index contributed by atoms with van der Waals surface area (Å²) in [6.45, 7) is 0.568. The minimum Gasteiger partial charge on any atom is -0.418 e. The molecule has 5 rings (SSSR count). The summed E-state index contributed by atoms with van der Waals surface area (Å²) in [5, 5.41) is 4.72. The fraction of sp³-hybridized carbons (Fsp3) is 0.222. The van der Waals surface area contributed by atoms with E-state index in [4.69, 9.17) is 9.84 Å². The molecule has 0 amide bonds. The van der Waals surface area contributed by atoms with Crippen molar-refractivity contribution in [2.24, 2.45) is 0 Å². The maximum absolute atomic E-state index is 9.75. The summed E-state index contributed by atoms with van der Waals surface area (Å²) in [5.74, 6) is 0.978. The van der Waals surface area contributed by atoms with Crippen LogP contribution in [0, 0.1) is 0 Å². The Morgan fingerprint density at radius 1 is 1.07 bits per heavy atom. The van der Waals surface area contributed by atoms with Crippen molar-refractivity contribution in [2.75, 3.05) is 0 Å². The van der Waals surface area contributed by atoms with E-state index in [-0.39, 0.29) is 12.1 Å². The predicted molar refractivity (Wildman–Crippen MR) is 98.5 cm³/mol. The minimum absolute atomic E-state index is 0.215. The Kier molecular flexibility index (Phi) is 5.01. The standard InChI is InChI=1S/C18H15BrN3O.BF4/c19-13-5-7-14(8-6-13)22-11-21-17(20-22)10-23-16-9-12-3-1-2-4-15(12)18(16)21;2-1(3,4)5/h1-8,11,16,18H,9-10H2;/q+1;-1/t16-,18+;/m0./s1. The maximum atomic E-state index is 9.75. The first-order valence-corrected chi connectivity index (χ1v) is 9.41. The van der Waals surface area contributed by atoms with E-state index in [9.17, 15) is 17.3 Å². The molecular weight excluding hydrogens is 441 g/mol. The van der Waals surface area contributed by atoms with E-state index >= 15 is 0 Å². The number of halogens is 5. The van der Waals surface area contributed by atoms with E-state index in [0.29, 0.717) is 6.61 Å². The maximum Gasteiger partial charge on any atom is 0.673 e. The van der Waals surface area contributed by atoms with Crippen LogP contribution >= 0.6 is 15.9 Å². The summed E-state index contributed by atoms with van der Waals surface area (Å²) >= 11 is 3.48. The van der Waals surface area contributed by atoms with Gasteiger partial charge in [-0.15, -0.1) is 0 Å². The average molecular weight is 456 g/mol. The van der Waals surface area contributed by atoms with Gasteiger partial charge in [-0.25, -0.2) is 4.57 Å². The van der Waals surface area contributed by atoms with Crippen LogP contribution in [0.1, 0.15) is 23.0 Å². The van der Waals surface area contributed by atoms with Crippen LogP contribution in [0.3, 0.4) is 0 Å². The molecule has 0 saturated carbocycles. The smallest absolute Gasteiger partial charge is 0.418 e. The minimum atomic E-state index is -6.00. The summed E-state index contributed by atoms with van der Waals surface area (Å²) in [5.41, 5.74) is 3.80. The molecule has 10 heteroatoms. The number of fused-ring (bicyclic) bond motifs is 5. The monoisotopic (exact) mass is 455 g/mol. The summed E-state index contributed by atoms with van der Waals surface area (Å²) in [7, 11) is -6.00. The molecule has 2 atom stereocenters. The number of hydrogen-bond acceptors (Lipinski definition) is 2. The predicted octanol–water partition coefficient (Wildman–Crippen LogP) is 4.27. The zero-order valence-corrected chi connectivity index (χ0v) is 16.1. The van der Waals surface area contributed by atoms with Crippen molar-refractivity contribution in [3.63, 3.8) is 0 Å². The Bertz CT molecular complexity index is 987. The lowest BCUT2D eigenvalue weighted by Crippen LogP contribution is -2.51. The van der Waals surface area contributed by atoms with Crippen molar-refractivity contribution in [3.8, 4) is 5.69 Å². The number of hydrogen-bond donors (Lipinski definition) is 0. The summed E-state index contributed by atoms with van der Waals surface area (Å²) in [6, 6.07) is 17.0. The van der Waals surface area contributed by atoms with E-state index < -0.39 is 7.25 Å². The second-order valence-corrected chi connectivity index (χ2v) is 7.47. The van der Waals surface area contributed by atoms with Crippen LogP contribution in [-0.2, 0) is 17.8 Å². The van der Waals surface area contributed by atoms with Gasteiger partial charge in [-0.3, -0.25) is 0 Å². The lowest BCUT2D eigenvalue weighted by Gasteiger charge is -2.23. The lowest BCUT2D eigenvalue weighted by atomic mass is 10.1. The molecule has 0 unspecified atom stereocenters. The number of benzene rings is 2. The van der Waals surface area contributed by atoms with Gasteiger partial charge in [-0.05, 0) is 35.4 Å². The van der Waals surface area contributed by atoms with Crippen molar-refractivity contribution >= 4 is 23.2 Å². The molecule has 1 aromatic heterocycles. The Morgan fingerprint density at radius 2 is 1.75 bits per heavy atom. The normalized spacial score (nSPS) is 19.9. The van der Waals surface area contributed by atoms with Crippen molar-refractivity contribution in [1.82, 2.24) is 9.78 Å². The van der Waals surface area contributed by atoms with Crippen LogP contribution in [0.5, 0.6) is 0 Å². The Morgan fingerprint density at radius 3 is 2.46 bits per heavy atom. The zero-order chi connectivity index (χ0) is 19.9. The second kappa shape index (κ2) is 7.33. The van der Waals surface area contributed by atoms with Crippen LogP contribution in [0.4, 0.5) is 17.3 Å². The number of ether oxygens (including phenoxy) is 1. The van der Waals surface area contributed by atoms with E-state index in [1.807, 2.05) is 16.8 Å². The summed E-state index contributed by atoms with van der Waals surface area (Å²) in [6.07, 6.45) is 3.30. The molecule has 28 heavy (non-hydrogen) atoms. The molecule has 2 aromatic carbocycles. The van der Waals surface area contributed by atoms with Gasteiger partial charge in [0.25, 0.3) is 0 Å². The highest BCUT2D eigenvalue weighted by Gasteiger charge is 2.43. The third-order valence-corrected chi connectivity index (χ3v) is 5.25. The highest BCUT2D eigenvalue weighted by Crippen LogP contribution is 2.35. The van der Waals surface area contributed by atoms with Gasteiger partial charge in [0.1, 0.15) is 24.4 Å². The third-order valence-electron chi connectivity index (χ3n) is 4.72. The van der Waals surface area contributed by atoms with Gasteiger partial charge in [0.15, 0.2) is 0 Å². The molecule has 2 heterocycles. The van der Waals surface area contributed by atoms with Gasteiger partial charge in [0, 0.05) is 16.0 Å². The SMILES string of the molecule is Brc1ccc(-n2c[n+]3c(n2)CO[C@H]2Cc4ccccc4[C@H]23)cc1.F[B-](F)(F)F. The van der Waals surface area contributed by atoms with Crippen LogP contribution in [-0.4, -0.2) is 23.1 Å². The van der Waals surface area contributed by atoms with Gasteiger partial charge in [0.05, 0.1) is 0 Å². The molecule has 146 valence electrons. The molecule has 0 bridgehead atoms. The molecule has 1 aliphatic heterocycles. The second-order valence-electron chi connectivity index (χ2n) is 6.55. The molecule has 0 spiro atoms. The van der Waals surface area contributed by atoms with Crippen LogP contribution in [0.2, 0.25) is 0 Å². The van der Waals surface area contributed by atoms with Crippen LogP contribution < -0.4 is 4.57 Å². The van der Waals surface area contributed by atoms with Crippen molar-refractivity contribution in [3.05, 3.63) is 76.3 Å². The highest BCUT2D eigenvalue weighted by molar-refractivity contribution is 9.10. The third kappa shape index (κ3) is 3.98. The fourth-order valence-electron chi connectivity index (χ4n) is 3.64. The summed E-state index contributed by atoms with van der Waals surface area (Å²) in [4.78, 5) is 0. The largest absolute Gasteiger partial charge is 0.673 e. The first-order valence-electron chi connectivity index (χ1n) is 8.62. The van der Waals surface area contributed by atoms with E-state index in [1.165, 1.54) is 11.1 Å². The van der Waals surface area contributed by atoms with Gasteiger partial charge in [0.2, 0.25) is 6.33 Å². The van der Waals surface area contributed by atoms with Crippen molar-refractivity contribution in [2.45, 2.75) is 25.2 Å². The molecule has 3 aromatic rings. The summed E-state index contributed by atoms with van der Waals surface area (Å²) < 4.78 is 50.4. The van der Waals surface area contributed by atoms with Crippen molar-refractivity contribution in [1.29, 1.82) is 0 Å². The zero-order valence-electron chi connectivity index (χ0n) is 14.5.